The summed E-state index contributed by atoms with van der Waals surface area (Å²) < 4.78 is 0. The second kappa shape index (κ2) is 7.65. The lowest BCUT2D eigenvalue weighted by molar-refractivity contribution is -0.133. The maximum absolute atomic E-state index is 11.9. The Bertz CT molecular complexity index is 442. The van der Waals surface area contributed by atoms with Gasteiger partial charge in [0.1, 0.15) is 0 Å². The Kier molecular flexibility index (Phi) is 5.55. The molecule has 1 saturated heterocycles. The summed E-state index contributed by atoms with van der Waals surface area (Å²) in [7, 11) is 0. The van der Waals surface area contributed by atoms with Gasteiger partial charge in [0.15, 0.2) is 0 Å². The highest BCUT2D eigenvalue weighted by molar-refractivity contribution is 5.84. The first-order valence-electron chi connectivity index (χ1n) is 7.05. The molecule has 20 heavy (non-hydrogen) atoms. The third kappa shape index (κ3) is 4.66. The van der Waals surface area contributed by atoms with E-state index in [-0.39, 0.29) is 18.4 Å². The molecule has 5 nitrogen and oxygen atoms in total. The van der Waals surface area contributed by atoms with Crippen molar-refractivity contribution >= 4 is 11.8 Å². The molecule has 0 bridgehead atoms. The Morgan fingerprint density at radius 2 is 1.85 bits per heavy atom. The van der Waals surface area contributed by atoms with Crippen LogP contribution in [0.4, 0.5) is 0 Å². The fourth-order valence-corrected chi connectivity index (χ4v) is 2.19. The monoisotopic (exact) mass is 275 g/mol. The fraction of sp³-hybridized carbons (Fsp3) is 0.467. The fourth-order valence-electron chi connectivity index (χ4n) is 2.19. The van der Waals surface area contributed by atoms with E-state index >= 15 is 0 Å². The normalized spacial score (nSPS) is 14.9. The van der Waals surface area contributed by atoms with Crippen LogP contribution in [0.1, 0.15) is 12.0 Å². The van der Waals surface area contributed by atoms with Crippen molar-refractivity contribution in [2.45, 2.75) is 12.8 Å². The highest BCUT2D eigenvalue weighted by Gasteiger charge is 2.16. The van der Waals surface area contributed by atoms with Gasteiger partial charge in [-0.2, -0.15) is 0 Å². The predicted octanol–water partition coefficient (Wildman–Crippen LogP) is 0.167. The van der Waals surface area contributed by atoms with Gasteiger partial charge in [-0.15, -0.1) is 0 Å². The van der Waals surface area contributed by atoms with Gasteiger partial charge >= 0.3 is 0 Å². The number of amides is 2. The highest BCUT2D eigenvalue weighted by Crippen LogP contribution is 2.02. The van der Waals surface area contributed by atoms with Crippen molar-refractivity contribution in [3.05, 3.63) is 35.9 Å². The minimum atomic E-state index is -0.0719. The molecular weight excluding hydrogens is 254 g/mol. The molecule has 1 aliphatic rings. The quantitative estimate of drug-likeness (QED) is 0.805. The van der Waals surface area contributed by atoms with Gasteiger partial charge in [-0.05, 0) is 12.0 Å². The predicted molar refractivity (Wildman–Crippen MR) is 77.2 cm³/mol. The highest BCUT2D eigenvalue weighted by atomic mass is 16.2. The molecule has 0 unspecified atom stereocenters. The lowest BCUT2D eigenvalue weighted by atomic mass is 10.1. The zero-order valence-electron chi connectivity index (χ0n) is 11.6. The van der Waals surface area contributed by atoms with Gasteiger partial charge in [-0.25, -0.2) is 0 Å². The van der Waals surface area contributed by atoms with Crippen LogP contribution in [0.2, 0.25) is 0 Å². The zero-order valence-corrected chi connectivity index (χ0v) is 11.6. The molecule has 2 rings (SSSR count). The van der Waals surface area contributed by atoms with Gasteiger partial charge in [0.05, 0.1) is 6.54 Å². The summed E-state index contributed by atoms with van der Waals surface area (Å²) in [5, 5.41) is 5.89. The number of rotatable bonds is 5. The van der Waals surface area contributed by atoms with Crippen LogP contribution >= 0.6 is 0 Å². The van der Waals surface area contributed by atoms with E-state index in [1.54, 1.807) is 4.90 Å². The topological polar surface area (TPSA) is 61.4 Å². The van der Waals surface area contributed by atoms with Crippen molar-refractivity contribution in [1.29, 1.82) is 0 Å². The molecule has 0 spiro atoms. The molecule has 0 aromatic heterocycles. The lowest BCUT2D eigenvalue weighted by Gasteiger charge is -2.27. The molecule has 5 heteroatoms. The zero-order chi connectivity index (χ0) is 14.2. The number of nitrogens with one attached hydrogen (secondary N) is 2. The average Bonchev–Trinajstić information content (AvgIpc) is 2.52. The number of piperazine rings is 1. The first-order chi connectivity index (χ1) is 9.75. The Morgan fingerprint density at radius 1 is 1.15 bits per heavy atom. The van der Waals surface area contributed by atoms with Crippen molar-refractivity contribution in [2.75, 3.05) is 32.7 Å². The molecule has 2 N–H and O–H groups in total. The van der Waals surface area contributed by atoms with Crippen molar-refractivity contribution in [3.8, 4) is 0 Å². The van der Waals surface area contributed by atoms with Crippen molar-refractivity contribution < 1.29 is 9.59 Å². The van der Waals surface area contributed by atoms with Crippen LogP contribution in [0.3, 0.4) is 0 Å². The average molecular weight is 275 g/mol. The maximum atomic E-state index is 11.9. The van der Waals surface area contributed by atoms with Gasteiger partial charge < -0.3 is 15.5 Å². The van der Waals surface area contributed by atoms with Gasteiger partial charge in [-0.1, -0.05) is 30.3 Å². The minimum absolute atomic E-state index is 0.000406. The van der Waals surface area contributed by atoms with Crippen LogP contribution < -0.4 is 10.6 Å². The second-order valence-electron chi connectivity index (χ2n) is 4.89. The van der Waals surface area contributed by atoms with Crippen LogP contribution in [0.25, 0.3) is 0 Å². The number of aryl methyl sites for hydroxylation is 1. The summed E-state index contributed by atoms with van der Waals surface area (Å²) in [6, 6.07) is 9.87. The third-order valence-electron chi connectivity index (χ3n) is 3.39. The Labute approximate surface area is 119 Å². The summed E-state index contributed by atoms with van der Waals surface area (Å²) in [5.74, 6) is -0.0723. The van der Waals surface area contributed by atoms with E-state index in [4.69, 9.17) is 0 Å². The summed E-state index contributed by atoms with van der Waals surface area (Å²) in [4.78, 5) is 25.4. The van der Waals surface area contributed by atoms with E-state index in [0.717, 1.165) is 31.7 Å². The van der Waals surface area contributed by atoms with Crippen LogP contribution in [0.5, 0.6) is 0 Å². The molecule has 2 amide bonds. The van der Waals surface area contributed by atoms with Crippen LogP contribution in [-0.2, 0) is 16.0 Å². The van der Waals surface area contributed by atoms with E-state index in [1.165, 1.54) is 0 Å². The number of hydrogen-bond acceptors (Lipinski definition) is 3. The van der Waals surface area contributed by atoms with Gasteiger partial charge in [0.25, 0.3) is 0 Å². The molecule has 1 fully saturated rings. The summed E-state index contributed by atoms with van der Waals surface area (Å²) in [5.41, 5.74) is 1.14. The van der Waals surface area contributed by atoms with Gasteiger partial charge in [0, 0.05) is 32.6 Å². The van der Waals surface area contributed by atoms with Crippen molar-refractivity contribution in [3.63, 3.8) is 0 Å². The number of benzene rings is 1. The van der Waals surface area contributed by atoms with E-state index in [1.807, 2.05) is 30.3 Å². The van der Waals surface area contributed by atoms with Gasteiger partial charge in [0.2, 0.25) is 11.8 Å². The Hall–Kier alpha value is -1.88. The molecule has 108 valence electrons. The Morgan fingerprint density at radius 3 is 2.55 bits per heavy atom. The summed E-state index contributed by atoms with van der Waals surface area (Å²) in [6.07, 6.45) is 1.12. The van der Waals surface area contributed by atoms with Crippen molar-refractivity contribution in [2.24, 2.45) is 0 Å². The molecule has 0 aliphatic carbocycles. The third-order valence-corrected chi connectivity index (χ3v) is 3.39. The molecule has 0 radical (unpaired) electrons. The summed E-state index contributed by atoms with van der Waals surface area (Å²) >= 11 is 0. The smallest absolute Gasteiger partial charge is 0.242 e. The van der Waals surface area contributed by atoms with E-state index in [2.05, 4.69) is 10.6 Å². The number of nitrogens with zero attached hydrogens (tertiary/aromatic N) is 1. The summed E-state index contributed by atoms with van der Waals surface area (Å²) in [6.45, 7) is 3.20. The van der Waals surface area contributed by atoms with E-state index in [9.17, 15) is 9.59 Å². The molecule has 0 saturated carbocycles. The Balaban J connectivity index is 1.65. The van der Waals surface area contributed by atoms with E-state index < -0.39 is 0 Å². The van der Waals surface area contributed by atoms with Crippen LogP contribution in [-0.4, -0.2) is 49.4 Å². The lowest BCUT2D eigenvalue weighted by Crippen LogP contribution is -2.49. The number of hydrogen-bond donors (Lipinski definition) is 2. The molecular formula is C15H21N3O2. The standard InChI is InChI=1S/C15H21N3O2/c19-14(7-6-13-4-2-1-3-5-13)17-12-15(20)18-10-8-16-9-11-18/h1-5,16H,6-12H2,(H,17,19). The SMILES string of the molecule is O=C(CCc1ccccc1)NCC(=O)N1CCNCC1. The van der Waals surface area contributed by atoms with Crippen LogP contribution in [0, 0.1) is 0 Å². The van der Waals surface area contributed by atoms with Crippen LogP contribution in [0.15, 0.2) is 30.3 Å². The van der Waals surface area contributed by atoms with E-state index in [0.29, 0.717) is 12.8 Å². The van der Waals surface area contributed by atoms with Crippen molar-refractivity contribution in [1.82, 2.24) is 15.5 Å². The second-order valence-corrected chi connectivity index (χ2v) is 4.89. The number of carbonyl (C=O) groups is 2. The first-order valence-corrected chi connectivity index (χ1v) is 7.05. The molecule has 0 atom stereocenters. The molecule has 1 aromatic rings. The minimum Gasteiger partial charge on any atom is -0.347 e. The maximum Gasteiger partial charge on any atom is 0.242 e. The number of carbonyl (C=O) groups excluding carboxylic acids is 2. The molecule has 1 aromatic carbocycles. The van der Waals surface area contributed by atoms with Gasteiger partial charge in [-0.3, -0.25) is 9.59 Å². The molecule has 1 heterocycles. The molecule has 1 aliphatic heterocycles. The largest absolute Gasteiger partial charge is 0.347 e. The first kappa shape index (κ1) is 14.5.